The van der Waals surface area contributed by atoms with Gasteiger partial charge in [0.2, 0.25) is 11.9 Å². The highest BCUT2D eigenvalue weighted by atomic mass is 16.5. The van der Waals surface area contributed by atoms with Gasteiger partial charge in [-0.3, -0.25) is 5.10 Å². The number of nitrogens with zero attached hydrogens (tertiary/aromatic N) is 3. The van der Waals surface area contributed by atoms with Gasteiger partial charge < -0.3 is 10.1 Å². The van der Waals surface area contributed by atoms with Crippen molar-refractivity contribution in [2.45, 2.75) is 18.9 Å². The van der Waals surface area contributed by atoms with E-state index in [0.29, 0.717) is 34.4 Å². The summed E-state index contributed by atoms with van der Waals surface area (Å²) in [5, 5.41) is 20.6. The van der Waals surface area contributed by atoms with Gasteiger partial charge >= 0.3 is 5.97 Å². The normalized spacial score (nSPS) is 16.1. The Bertz CT molecular complexity index is 1160. The van der Waals surface area contributed by atoms with Crippen LogP contribution in [0.15, 0.2) is 36.4 Å². The number of anilines is 1. The molecule has 3 N–H and O–H groups in total. The fourth-order valence-electron chi connectivity index (χ4n) is 3.62. The summed E-state index contributed by atoms with van der Waals surface area (Å²) < 4.78 is 4.79. The van der Waals surface area contributed by atoms with Crippen LogP contribution in [-0.2, 0) is 4.74 Å². The molecule has 9 nitrogen and oxygen atoms in total. The molecule has 1 fully saturated rings. The standard InChI is InChI=1S/C21H20N6O3/c1-30-21(28)14-4-5-15(11-22)17(10-14)13-6-7-19-18(9-13)20(25-24-19)26-27(29)16-3-2-8-23-12-16/h4-7,9-10,16,22-23H,2-3,8,12H2,1H3/p+1/t16-/m1/s1. The Morgan fingerprint density at radius 1 is 1.33 bits per heavy atom. The number of hydrogen-bond acceptors (Lipinski definition) is 6. The number of hydrazine groups is 1. The summed E-state index contributed by atoms with van der Waals surface area (Å²) in [5.41, 5.74) is 5.70. The molecule has 0 bridgehead atoms. The monoisotopic (exact) mass is 405 g/mol. The minimum atomic E-state index is -0.476. The molecule has 0 amide bonds. The average molecular weight is 405 g/mol. The number of nitrogens with one attached hydrogen (secondary N) is 3. The van der Waals surface area contributed by atoms with E-state index in [4.69, 9.17) is 4.74 Å². The largest absolute Gasteiger partial charge is 0.465 e. The predicted molar refractivity (Wildman–Crippen MR) is 111 cm³/mol. The summed E-state index contributed by atoms with van der Waals surface area (Å²) in [6.07, 6.45) is 1.76. The van der Waals surface area contributed by atoms with E-state index in [1.165, 1.54) is 7.11 Å². The van der Waals surface area contributed by atoms with Gasteiger partial charge in [0, 0.05) is 12.0 Å². The number of nitriles is 1. The Morgan fingerprint density at radius 3 is 2.93 bits per heavy atom. The number of ether oxygens (including phenoxy) is 1. The molecule has 1 saturated heterocycles. The number of hydrogen-bond donors (Lipinski definition) is 3. The van der Waals surface area contributed by atoms with Crippen molar-refractivity contribution in [2.24, 2.45) is 0 Å². The summed E-state index contributed by atoms with van der Waals surface area (Å²) in [6.45, 7) is 1.54. The van der Waals surface area contributed by atoms with Gasteiger partial charge in [-0.2, -0.15) is 10.4 Å². The number of carbonyl (C=O) groups excluding carboxylic acids is 1. The average Bonchev–Trinajstić information content (AvgIpc) is 3.20. The zero-order chi connectivity index (χ0) is 21.1. The summed E-state index contributed by atoms with van der Waals surface area (Å²) >= 11 is 0. The number of fused-ring (bicyclic) bond motifs is 1. The van der Waals surface area contributed by atoms with Crippen LogP contribution in [0.4, 0.5) is 5.82 Å². The van der Waals surface area contributed by atoms with Crippen molar-refractivity contribution in [1.82, 2.24) is 15.5 Å². The van der Waals surface area contributed by atoms with Gasteiger partial charge in [0.15, 0.2) is 0 Å². The van der Waals surface area contributed by atoms with E-state index in [-0.39, 0.29) is 6.04 Å². The molecule has 4 rings (SSSR count). The number of aromatic amines is 1. The van der Waals surface area contributed by atoms with Gasteiger partial charge in [0.05, 0.1) is 46.7 Å². The van der Waals surface area contributed by atoms with E-state index >= 15 is 0 Å². The lowest BCUT2D eigenvalue weighted by Gasteiger charge is -2.15. The van der Waals surface area contributed by atoms with Crippen LogP contribution in [-0.4, -0.2) is 47.3 Å². The van der Waals surface area contributed by atoms with Crippen LogP contribution in [0.25, 0.3) is 22.0 Å². The molecule has 30 heavy (non-hydrogen) atoms. The molecule has 152 valence electrons. The van der Waals surface area contributed by atoms with Gasteiger partial charge in [-0.1, -0.05) is 11.5 Å². The first kappa shape index (κ1) is 19.5. The van der Waals surface area contributed by atoms with E-state index in [9.17, 15) is 15.0 Å². The number of esters is 1. The zero-order valence-electron chi connectivity index (χ0n) is 16.4. The highest BCUT2D eigenvalue weighted by molar-refractivity contribution is 5.95. The first-order chi connectivity index (χ1) is 14.6. The van der Waals surface area contributed by atoms with Crippen LogP contribution < -0.4 is 10.7 Å². The van der Waals surface area contributed by atoms with E-state index < -0.39 is 5.97 Å². The van der Waals surface area contributed by atoms with Crippen molar-refractivity contribution < 1.29 is 14.4 Å². The Labute approximate surface area is 172 Å². The third-order valence-corrected chi connectivity index (χ3v) is 5.25. The van der Waals surface area contributed by atoms with Crippen molar-refractivity contribution in [2.75, 3.05) is 25.6 Å². The van der Waals surface area contributed by atoms with Gasteiger partial charge in [-0.25, -0.2) is 4.79 Å². The molecule has 1 aliphatic rings. The van der Waals surface area contributed by atoms with Crippen LogP contribution in [0, 0.1) is 16.2 Å². The second-order valence-corrected chi connectivity index (χ2v) is 7.13. The third-order valence-electron chi connectivity index (χ3n) is 5.25. The molecule has 0 spiro atoms. The Hall–Kier alpha value is -3.77. The summed E-state index contributed by atoms with van der Waals surface area (Å²) in [5.74, 6) is -0.0642. The predicted octanol–water partition coefficient (Wildman–Crippen LogP) is 2.75. The first-order valence-corrected chi connectivity index (χ1v) is 9.65. The Morgan fingerprint density at radius 2 is 2.20 bits per heavy atom. The Balaban J connectivity index is 1.70. The molecule has 9 heteroatoms. The molecule has 0 radical (unpaired) electrons. The maximum Gasteiger partial charge on any atom is 0.337 e. The second-order valence-electron chi connectivity index (χ2n) is 7.13. The van der Waals surface area contributed by atoms with Gasteiger partial charge in [0.1, 0.15) is 4.87 Å². The van der Waals surface area contributed by atoms with E-state index in [1.807, 2.05) is 18.2 Å². The van der Waals surface area contributed by atoms with Crippen molar-refractivity contribution in [3.05, 3.63) is 52.4 Å². The van der Waals surface area contributed by atoms with Crippen molar-refractivity contribution in [1.29, 1.82) is 5.26 Å². The molecular formula is C21H21N6O3+. The summed E-state index contributed by atoms with van der Waals surface area (Å²) in [6, 6.07) is 12.3. The molecule has 3 aromatic rings. The van der Waals surface area contributed by atoms with Crippen LogP contribution in [0.1, 0.15) is 28.8 Å². The molecule has 1 atom stereocenters. The van der Waals surface area contributed by atoms with Crippen LogP contribution >= 0.6 is 0 Å². The number of methoxy groups -OCH3 is 1. The van der Waals surface area contributed by atoms with Gasteiger partial charge in [-0.05, 0) is 48.9 Å². The number of aromatic nitrogens is 2. The first-order valence-electron chi connectivity index (χ1n) is 9.65. The molecule has 1 aromatic heterocycles. The summed E-state index contributed by atoms with van der Waals surface area (Å²) in [7, 11) is 1.31. The third kappa shape index (κ3) is 3.73. The lowest BCUT2D eigenvalue weighted by atomic mass is 9.97. The lowest BCUT2D eigenvalue weighted by molar-refractivity contribution is -0.558. The minimum Gasteiger partial charge on any atom is -0.465 e. The molecule has 1 aliphatic heterocycles. The van der Waals surface area contributed by atoms with Crippen LogP contribution in [0.3, 0.4) is 0 Å². The smallest absolute Gasteiger partial charge is 0.337 e. The molecular weight excluding hydrogens is 384 g/mol. The summed E-state index contributed by atoms with van der Waals surface area (Å²) in [4.78, 5) is 25.3. The van der Waals surface area contributed by atoms with Crippen LogP contribution in [0.2, 0.25) is 0 Å². The molecule has 0 aliphatic carbocycles. The SMILES string of the molecule is COC(=O)c1ccc(C#N)c(-c2ccc3[nH]nc(N[N+](=O)[C@@H]4CCCNC4)c3c2)c1. The number of carbonyl (C=O) groups is 1. The topological polar surface area (TPSA) is 123 Å². The number of benzene rings is 2. The molecule has 0 unspecified atom stereocenters. The van der Waals surface area contributed by atoms with E-state index in [0.717, 1.165) is 35.3 Å². The lowest BCUT2D eigenvalue weighted by Crippen LogP contribution is -2.42. The maximum atomic E-state index is 12.5. The number of H-pyrrole nitrogens is 1. The number of piperidine rings is 1. The van der Waals surface area contributed by atoms with Gasteiger partial charge in [-0.15, -0.1) is 0 Å². The number of rotatable bonds is 5. The fraction of sp³-hybridized carbons (Fsp3) is 0.286. The highest BCUT2D eigenvalue weighted by Crippen LogP contribution is 2.30. The van der Waals surface area contributed by atoms with E-state index in [2.05, 4.69) is 27.0 Å². The molecule has 0 saturated carbocycles. The maximum absolute atomic E-state index is 12.5. The second kappa shape index (κ2) is 8.31. The Kier molecular flexibility index (Phi) is 5.41. The van der Waals surface area contributed by atoms with Crippen molar-refractivity contribution >= 4 is 22.7 Å². The van der Waals surface area contributed by atoms with E-state index in [1.54, 1.807) is 18.2 Å². The minimum absolute atomic E-state index is 0.171. The fourth-order valence-corrected chi connectivity index (χ4v) is 3.62. The van der Waals surface area contributed by atoms with Crippen LogP contribution in [0.5, 0.6) is 0 Å². The molecule has 2 heterocycles. The zero-order valence-corrected chi connectivity index (χ0v) is 16.4. The highest BCUT2D eigenvalue weighted by Gasteiger charge is 2.29. The van der Waals surface area contributed by atoms with Crippen molar-refractivity contribution in [3.8, 4) is 17.2 Å². The number of nitroso groups, excluding NO2 is 1. The van der Waals surface area contributed by atoms with Gasteiger partial charge in [0.25, 0.3) is 0 Å². The quantitative estimate of drug-likeness (QED) is 0.339. The van der Waals surface area contributed by atoms with Crippen molar-refractivity contribution in [3.63, 3.8) is 0 Å². The molecule has 2 aromatic carbocycles.